The summed E-state index contributed by atoms with van der Waals surface area (Å²) in [6, 6.07) is 1.94. The van der Waals surface area contributed by atoms with Gasteiger partial charge in [-0.3, -0.25) is 9.59 Å². The molecule has 24 heavy (non-hydrogen) atoms. The van der Waals surface area contributed by atoms with E-state index in [-0.39, 0.29) is 11.9 Å². The summed E-state index contributed by atoms with van der Waals surface area (Å²) in [6.07, 6.45) is 5.90. The fraction of sp³-hybridized carbons (Fsp3) is 0.471. The second-order valence-corrected chi connectivity index (χ2v) is 6.33. The second-order valence-electron chi connectivity index (χ2n) is 6.33. The molecule has 7 heteroatoms. The number of aldehydes is 1. The first-order valence-electron chi connectivity index (χ1n) is 8.04. The van der Waals surface area contributed by atoms with E-state index in [0.717, 1.165) is 48.9 Å². The summed E-state index contributed by atoms with van der Waals surface area (Å²) in [7, 11) is 5.30. The van der Waals surface area contributed by atoms with Crippen LogP contribution in [0.3, 0.4) is 0 Å². The first-order chi connectivity index (χ1) is 11.5. The van der Waals surface area contributed by atoms with Gasteiger partial charge in [-0.05, 0) is 18.9 Å². The van der Waals surface area contributed by atoms with Crippen LogP contribution in [0, 0.1) is 5.92 Å². The molecule has 7 nitrogen and oxygen atoms in total. The molecule has 1 fully saturated rings. The standard InChI is InChI=1S/C17H22N4O3/c1-19(2)24-17(23)12-5-8-21(9-6-12)14-4-7-18-16-15(14)13(11-22)10-20(16)3/h4,7,10-12H,5-6,8-9H2,1-3H3. The lowest BCUT2D eigenvalue weighted by Gasteiger charge is -2.33. The Morgan fingerprint density at radius 2 is 2.08 bits per heavy atom. The normalized spacial score (nSPS) is 15.9. The molecule has 0 atom stereocenters. The maximum atomic E-state index is 12.0. The van der Waals surface area contributed by atoms with Crippen molar-refractivity contribution in [1.29, 1.82) is 0 Å². The summed E-state index contributed by atoms with van der Waals surface area (Å²) >= 11 is 0. The van der Waals surface area contributed by atoms with Gasteiger partial charge >= 0.3 is 5.97 Å². The highest BCUT2D eigenvalue weighted by atomic mass is 16.7. The van der Waals surface area contributed by atoms with Gasteiger partial charge in [0.2, 0.25) is 0 Å². The molecule has 0 amide bonds. The van der Waals surface area contributed by atoms with Gasteiger partial charge in [-0.15, -0.1) is 5.06 Å². The third-order valence-electron chi connectivity index (χ3n) is 4.43. The van der Waals surface area contributed by atoms with Gasteiger partial charge in [0.15, 0.2) is 6.29 Å². The first-order valence-corrected chi connectivity index (χ1v) is 8.04. The summed E-state index contributed by atoms with van der Waals surface area (Å²) in [5.41, 5.74) is 2.44. The van der Waals surface area contributed by atoms with Gasteiger partial charge in [0.05, 0.1) is 17.0 Å². The number of hydrogen-bond donors (Lipinski definition) is 0. The van der Waals surface area contributed by atoms with Gasteiger partial charge in [0, 0.05) is 52.2 Å². The molecule has 0 saturated carbocycles. The van der Waals surface area contributed by atoms with E-state index in [9.17, 15) is 9.59 Å². The number of hydroxylamine groups is 2. The van der Waals surface area contributed by atoms with Crippen LogP contribution in [0.25, 0.3) is 11.0 Å². The number of rotatable bonds is 4. The minimum absolute atomic E-state index is 0.0812. The van der Waals surface area contributed by atoms with Gasteiger partial charge in [-0.25, -0.2) is 4.98 Å². The van der Waals surface area contributed by atoms with Gasteiger partial charge in [0.25, 0.3) is 0 Å². The third kappa shape index (κ3) is 2.99. The zero-order valence-corrected chi connectivity index (χ0v) is 14.2. The largest absolute Gasteiger partial charge is 0.371 e. The van der Waals surface area contributed by atoms with Crippen LogP contribution in [0.15, 0.2) is 18.5 Å². The fourth-order valence-electron chi connectivity index (χ4n) is 3.28. The molecule has 3 rings (SSSR count). The fourth-order valence-corrected chi connectivity index (χ4v) is 3.28. The molecule has 1 saturated heterocycles. The van der Waals surface area contributed by atoms with Crippen molar-refractivity contribution in [2.45, 2.75) is 12.8 Å². The Labute approximate surface area is 140 Å². The van der Waals surface area contributed by atoms with E-state index in [2.05, 4.69) is 9.88 Å². The van der Waals surface area contributed by atoms with Crippen LogP contribution in [-0.4, -0.2) is 54.1 Å². The molecular weight excluding hydrogens is 308 g/mol. The van der Waals surface area contributed by atoms with Crippen molar-refractivity contribution in [2.75, 3.05) is 32.1 Å². The van der Waals surface area contributed by atoms with Crippen molar-refractivity contribution >= 4 is 29.0 Å². The molecule has 0 aliphatic carbocycles. The van der Waals surface area contributed by atoms with Crippen LogP contribution in [0.1, 0.15) is 23.2 Å². The minimum atomic E-state index is -0.173. The number of piperidine rings is 1. The van der Waals surface area contributed by atoms with Gasteiger partial charge in [-0.1, -0.05) is 0 Å². The number of carbonyl (C=O) groups excluding carboxylic acids is 2. The van der Waals surface area contributed by atoms with E-state index in [1.807, 2.05) is 17.7 Å². The van der Waals surface area contributed by atoms with Gasteiger partial charge in [0.1, 0.15) is 5.65 Å². The second kappa shape index (κ2) is 6.60. The van der Waals surface area contributed by atoms with Crippen molar-refractivity contribution in [3.63, 3.8) is 0 Å². The molecule has 2 aromatic rings. The molecule has 1 aliphatic heterocycles. The quantitative estimate of drug-likeness (QED) is 0.627. The SMILES string of the molecule is CN(C)OC(=O)C1CCN(c2ccnc3c2c(C=O)cn3C)CC1. The molecule has 0 aromatic carbocycles. The van der Waals surface area contributed by atoms with Gasteiger partial charge < -0.3 is 14.3 Å². The van der Waals surface area contributed by atoms with Crippen LogP contribution in [0.2, 0.25) is 0 Å². The number of fused-ring (bicyclic) bond motifs is 1. The predicted octanol–water partition coefficient (Wildman–Crippen LogP) is 1.62. The van der Waals surface area contributed by atoms with Crippen LogP contribution >= 0.6 is 0 Å². The molecule has 1 aliphatic rings. The summed E-state index contributed by atoms with van der Waals surface area (Å²) in [5.74, 6) is -0.255. The van der Waals surface area contributed by atoms with E-state index < -0.39 is 0 Å². The minimum Gasteiger partial charge on any atom is -0.371 e. The van der Waals surface area contributed by atoms with E-state index in [1.54, 1.807) is 26.5 Å². The number of aryl methyl sites for hydroxylation is 1. The average molecular weight is 330 g/mol. The topological polar surface area (TPSA) is 67.7 Å². The Hall–Kier alpha value is -2.41. The lowest BCUT2D eigenvalue weighted by atomic mass is 9.96. The Balaban J connectivity index is 1.81. The summed E-state index contributed by atoms with van der Waals surface area (Å²) in [5, 5.41) is 2.31. The zero-order chi connectivity index (χ0) is 17.3. The van der Waals surface area contributed by atoms with E-state index >= 15 is 0 Å². The number of aromatic nitrogens is 2. The molecule has 3 heterocycles. The van der Waals surface area contributed by atoms with Crippen LogP contribution in [0.5, 0.6) is 0 Å². The smallest absolute Gasteiger partial charge is 0.328 e. The van der Waals surface area contributed by atoms with Crippen molar-refractivity contribution < 1.29 is 14.4 Å². The number of nitrogens with zero attached hydrogens (tertiary/aromatic N) is 4. The van der Waals surface area contributed by atoms with Gasteiger partial charge in [-0.2, -0.15) is 0 Å². The monoisotopic (exact) mass is 330 g/mol. The molecule has 0 radical (unpaired) electrons. The Kier molecular flexibility index (Phi) is 4.53. The van der Waals surface area contributed by atoms with Crippen molar-refractivity contribution in [2.24, 2.45) is 13.0 Å². The lowest BCUT2D eigenvalue weighted by molar-refractivity contribution is -0.184. The van der Waals surface area contributed by atoms with Crippen molar-refractivity contribution in [3.05, 3.63) is 24.0 Å². The Bertz CT molecular complexity index is 761. The lowest BCUT2D eigenvalue weighted by Crippen LogP contribution is -2.38. The number of carbonyl (C=O) groups is 2. The summed E-state index contributed by atoms with van der Waals surface area (Å²) < 4.78 is 1.86. The van der Waals surface area contributed by atoms with Crippen LogP contribution < -0.4 is 4.90 Å². The van der Waals surface area contributed by atoms with Crippen LogP contribution in [0.4, 0.5) is 5.69 Å². The average Bonchev–Trinajstić information content (AvgIpc) is 2.91. The van der Waals surface area contributed by atoms with E-state index in [4.69, 9.17) is 4.84 Å². The highest BCUT2D eigenvalue weighted by Gasteiger charge is 2.28. The maximum absolute atomic E-state index is 12.0. The zero-order valence-electron chi connectivity index (χ0n) is 14.2. The van der Waals surface area contributed by atoms with Crippen LogP contribution in [-0.2, 0) is 16.7 Å². The molecule has 0 N–H and O–H groups in total. The number of pyridine rings is 1. The molecule has 0 bridgehead atoms. The predicted molar refractivity (Wildman–Crippen MR) is 90.8 cm³/mol. The number of anilines is 1. The molecule has 128 valence electrons. The molecule has 0 unspecified atom stereocenters. The first kappa shape index (κ1) is 16.4. The Morgan fingerprint density at radius 3 is 2.71 bits per heavy atom. The summed E-state index contributed by atoms with van der Waals surface area (Å²) in [4.78, 5) is 35.2. The highest BCUT2D eigenvalue weighted by Crippen LogP contribution is 2.32. The molecule has 0 spiro atoms. The van der Waals surface area contributed by atoms with E-state index in [0.29, 0.717) is 5.56 Å². The Morgan fingerprint density at radius 1 is 1.38 bits per heavy atom. The highest BCUT2D eigenvalue weighted by molar-refractivity contribution is 6.03. The summed E-state index contributed by atoms with van der Waals surface area (Å²) in [6.45, 7) is 1.50. The third-order valence-corrected chi connectivity index (χ3v) is 4.43. The number of hydrogen-bond acceptors (Lipinski definition) is 6. The molecule has 2 aromatic heterocycles. The van der Waals surface area contributed by atoms with E-state index in [1.165, 1.54) is 5.06 Å². The maximum Gasteiger partial charge on any atom is 0.328 e. The molecular formula is C17H22N4O3. The van der Waals surface area contributed by atoms with Crippen molar-refractivity contribution in [3.8, 4) is 0 Å². The van der Waals surface area contributed by atoms with Crippen molar-refractivity contribution in [1.82, 2.24) is 14.6 Å².